The third-order valence-electron chi connectivity index (χ3n) is 4.17. The zero-order valence-corrected chi connectivity index (χ0v) is 15.2. The number of nitrogens with two attached hydrogens (primary N) is 1. The van der Waals surface area contributed by atoms with Gasteiger partial charge < -0.3 is 11.1 Å². The first-order chi connectivity index (χ1) is 13.5. The van der Waals surface area contributed by atoms with Gasteiger partial charge in [-0.1, -0.05) is 60.7 Å². The second-order valence-electron chi connectivity index (χ2n) is 6.26. The van der Waals surface area contributed by atoms with E-state index in [-0.39, 0.29) is 18.8 Å². The number of hydrogen-bond donors (Lipinski definition) is 2. The summed E-state index contributed by atoms with van der Waals surface area (Å²) in [5.41, 5.74) is 6.51. The molecule has 0 atom stereocenters. The molecule has 3 rings (SSSR count). The van der Waals surface area contributed by atoms with Gasteiger partial charge >= 0.3 is 5.69 Å². The molecule has 0 spiro atoms. The van der Waals surface area contributed by atoms with Crippen molar-refractivity contribution >= 4 is 11.8 Å². The Morgan fingerprint density at radius 1 is 1.00 bits per heavy atom. The first-order valence-electron chi connectivity index (χ1n) is 8.86. The lowest BCUT2D eigenvalue weighted by molar-refractivity contribution is -0.125. The van der Waals surface area contributed by atoms with Crippen LogP contribution in [0.15, 0.2) is 65.5 Å². The van der Waals surface area contributed by atoms with E-state index in [9.17, 15) is 14.4 Å². The summed E-state index contributed by atoms with van der Waals surface area (Å²) in [5.74, 6) is -0.670. The Kier molecular flexibility index (Phi) is 6.01. The van der Waals surface area contributed by atoms with Crippen molar-refractivity contribution in [1.29, 1.82) is 0 Å². The maximum Gasteiger partial charge on any atom is 0.346 e. The summed E-state index contributed by atoms with van der Waals surface area (Å²) in [5, 5.41) is 6.71. The molecule has 0 saturated heterocycles. The van der Waals surface area contributed by atoms with Crippen molar-refractivity contribution in [3.05, 3.63) is 76.7 Å². The minimum Gasteiger partial charge on any atom is -0.368 e. The van der Waals surface area contributed by atoms with Crippen molar-refractivity contribution in [1.82, 2.24) is 19.7 Å². The number of nitrogens with zero attached hydrogens (tertiary/aromatic N) is 3. The zero-order valence-electron chi connectivity index (χ0n) is 15.2. The van der Waals surface area contributed by atoms with Crippen LogP contribution in [0.2, 0.25) is 0 Å². The van der Waals surface area contributed by atoms with E-state index in [1.807, 2.05) is 60.7 Å². The van der Waals surface area contributed by atoms with Gasteiger partial charge in [-0.2, -0.15) is 0 Å². The molecule has 1 aromatic heterocycles. The number of carbonyl (C=O) groups is 2. The van der Waals surface area contributed by atoms with Gasteiger partial charge in [0, 0.05) is 12.1 Å². The maximum atomic E-state index is 12.8. The molecule has 8 heteroatoms. The Balaban J connectivity index is 1.87. The van der Waals surface area contributed by atoms with Gasteiger partial charge in [0.1, 0.15) is 6.54 Å². The van der Waals surface area contributed by atoms with Gasteiger partial charge in [-0.25, -0.2) is 9.48 Å². The highest BCUT2D eigenvalue weighted by atomic mass is 16.2. The number of amides is 2. The van der Waals surface area contributed by atoms with Crippen LogP contribution in [-0.2, 0) is 29.1 Å². The van der Waals surface area contributed by atoms with Gasteiger partial charge in [-0.15, -0.1) is 5.10 Å². The zero-order chi connectivity index (χ0) is 19.9. The molecule has 0 saturated carbocycles. The fourth-order valence-corrected chi connectivity index (χ4v) is 2.81. The molecule has 0 fully saturated rings. The van der Waals surface area contributed by atoms with E-state index in [4.69, 9.17) is 5.73 Å². The van der Waals surface area contributed by atoms with Crippen molar-refractivity contribution in [2.24, 2.45) is 5.73 Å². The standard InChI is InChI=1S/C20H21N5O3/c21-17(26)13-22-18(27)14-25-20(28)24(12-11-15-7-3-1-4-8-15)19(23-25)16-9-5-2-6-10-16/h1-10H,11-14H2,(H2,21,26)(H,22,27). The molecule has 8 nitrogen and oxygen atoms in total. The predicted molar refractivity (Wildman–Crippen MR) is 104 cm³/mol. The highest BCUT2D eigenvalue weighted by molar-refractivity contribution is 5.83. The second kappa shape index (κ2) is 8.81. The van der Waals surface area contributed by atoms with E-state index in [0.717, 1.165) is 15.8 Å². The monoisotopic (exact) mass is 379 g/mol. The van der Waals surface area contributed by atoms with E-state index < -0.39 is 11.8 Å². The van der Waals surface area contributed by atoms with Crippen molar-refractivity contribution in [2.45, 2.75) is 19.5 Å². The van der Waals surface area contributed by atoms with Gasteiger partial charge in [0.25, 0.3) is 0 Å². The molecule has 2 aromatic carbocycles. The Labute approximate surface area is 161 Å². The SMILES string of the molecule is NC(=O)CNC(=O)Cn1nc(-c2ccccc2)n(CCc2ccccc2)c1=O. The molecule has 0 aliphatic heterocycles. The highest BCUT2D eigenvalue weighted by Crippen LogP contribution is 2.15. The quantitative estimate of drug-likeness (QED) is 0.595. The number of benzene rings is 2. The van der Waals surface area contributed by atoms with Gasteiger partial charge in [0.15, 0.2) is 5.82 Å². The van der Waals surface area contributed by atoms with Crippen LogP contribution < -0.4 is 16.7 Å². The fourth-order valence-electron chi connectivity index (χ4n) is 2.81. The Hall–Kier alpha value is -3.68. The maximum absolute atomic E-state index is 12.8. The van der Waals surface area contributed by atoms with Crippen LogP contribution in [0.25, 0.3) is 11.4 Å². The molecule has 0 aliphatic carbocycles. The largest absolute Gasteiger partial charge is 0.368 e. The smallest absolute Gasteiger partial charge is 0.346 e. The van der Waals surface area contributed by atoms with E-state index >= 15 is 0 Å². The summed E-state index contributed by atoms with van der Waals surface area (Å²) in [6, 6.07) is 19.1. The van der Waals surface area contributed by atoms with E-state index in [2.05, 4.69) is 10.4 Å². The molecule has 0 aliphatic rings. The molecule has 3 aromatic rings. The lowest BCUT2D eigenvalue weighted by atomic mass is 10.1. The third-order valence-corrected chi connectivity index (χ3v) is 4.17. The summed E-state index contributed by atoms with van der Waals surface area (Å²) in [6.07, 6.45) is 0.653. The van der Waals surface area contributed by atoms with Gasteiger partial charge in [-0.3, -0.25) is 14.2 Å². The van der Waals surface area contributed by atoms with Crippen molar-refractivity contribution in [3.63, 3.8) is 0 Å². The van der Waals surface area contributed by atoms with Crippen molar-refractivity contribution in [2.75, 3.05) is 6.54 Å². The van der Waals surface area contributed by atoms with Crippen LogP contribution in [0.5, 0.6) is 0 Å². The number of carbonyl (C=O) groups excluding carboxylic acids is 2. The molecule has 0 radical (unpaired) electrons. The average Bonchev–Trinajstić information content (AvgIpc) is 3.02. The normalized spacial score (nSPS) is 10.6. The van der Waals surface area contributed by atoms with Gasteiger partial charge in [0.2, 0.25) is 11.8 Å². The average molecular weight is 379 g/mol. The molecule has 1 heterocycles. The second-order valence-corrected chi connectivity index (χ2v) is 6.26. The van der Waals surface area contributed by atoms with E-state index in [1.165, 1.54) is 0 Å². The number of nitrogens with one attached hydrogen (secondary N) is 1. The predicted octanol–water partition coefficient (Wildman–Crippen LogP) is 0.556. The first kappa shape index (κ1) is 19.1. The molecule has 0 unspecified atom stereocenters. The van der Waals surface area contributed by atoms with Crippen LogP contribution in [0.3, 0.4) is 0 Å². The molecular weight excluding hydrogens is 358 g/mol. The number of primary amides is 1. The van der Waals surface area contributed by atoms with Crippen LogP contribution in [0.1, 0.15) is 5.56 Å². The van der Waals surface area contributed by atoms with Crippen LogP contribution in [-0.4, -0.2) is 32.7 Å². The highest BCUT2D eigenvalue weighted by Gasteiger charge is 2.17. The molecule has 2 amide bonds. The summed E-state index contributed by atoms with van der Waals surface area (Å²) < 4.78 is 2.66. The minimum absolute atomic E-state index is 0.284. The number of hydrogen-bond acceptors (Lipinski definition) is 4. The third kappa shape index (κ3) is 4.73. The minimum atomic E-state index is -0.654. The molecule has 3 N–H and O–H groups in total. The van der Waals surface area contributed by atoms with Gasteiger partial charge in [0.05, 0.1) is 6.54 Å². The number of aromatic nitrogens is 3. The molecule has 144 valence electrons. The van der Waals surface area contributed by atoms with E-state index in [0.29, 0.717) is 18.8 Å². The molecular formula is C20H21N5O3. The first-order valence-corrected chi connectivity index (χ1v) is 8.86. The summed E-state index contributed by atoms with van der Waals surface area (Å²) in [4.78, 5) is 35.6. The van der Waals surface area contributed by atoms with Gasteiger partial charge in [-0.05, 0) is 12.0 Å². The van der Waals surface area contributed by atoms with Crippen LogP contribution >= 0.6 is 0 Å². The summed E-state index contributed by atoms with van der Waals surface area (Å²) >= 11 is 0. The summed E-state index contributed by atoms with van der Waals surface area (Å²) in [7, 11) is 0. The summed E-state index contributed by atoms with van der Waals surface area (Å²) in [6.45, 7) is -0.145. The Morgan fingerprint density at radius 3 is 2.29 bits per heavy atom. The van der Waals surface area contributed by atoms with Crippen molar-refractivity contribution < 1.29 is 9.59 Å². The Bertz CT molecular complexity index is 1010. The number of aryl methyl sites for hydroxylation is 1. The van der Waals surface area contributed by atoms with Crippen LogP contribution in [0.4, 0.5) is 0 Å². The lowest BCUT2D eigenvalue weighted by Crippen LogP contribution is -2.38. The Morgan fingerprint density at radius 2 is 1.64 bits per heavy atom. The number of rotatable bonds is 8. The topological polar surface area (TPSA) is 112 Å². The molecule has 28 heavy (non-hydrogen) atoms. The fraction of sp³-hybridized carbons (Fsp3) is 0.200. The van der Waals surface area contributed by atoms with E-state index in [1.54, 1.807) is 4.57 Å². The molecule has 0 bridgehead atoms. The lowest BCUT2D eigenvalue weighted by Gasteiger charge is -2.06. The van der Waals surface area contributed by atoms with Crippen LogP contribution in [0, 0.1) is 0 Å². The van der Waals surface area contributed by atoms with Crippen molar-refractivity contribution in [3.8, 4) is 11.4 Å².